The first kappa shape index (κ1) is 17.7. The van der Waals surface area contributed by atoms with Gasteiger partial charge in [-0.25, -0.2) is 4.68 Å². The fraction of sp³-hybridized carbons (Fsp3) is 0.529. The van der Waals surface area contributed by atoms with E-state index < -0.39 is 0 Å². The van der Waals surface area contributed by atoms with E-state index in [0.29, 0.717) is 22.5 Å². The Morgan fingerprint density at radius 3 is 2.96 bits per heavy atom. The number of rotatable bonds is 6. The summed E-state index contributed by atoms with van der Waals surface area (Å²) in [5.74, 6) is 1.46. The summed E-state index contributed by atoms with van der Waals surface area (Å²) in [6.45, 7) is 2.41. The van der Waals surface area contributed by atoms with Gasteiger partial charge in [0.05, 0.1) is 5.02 Å². The zero-order valence-electron chi connectivity index (χ0n) is 14.2. The van der Waals surface area contributed by atoms with Crippen molar-refractivity contribution in [1.82, 2.24) is 25.5 Å². The Hall–Kier alpha value is -2.15. The Bertz CT molecular complexity index is 721. The summed E-state index contributed by atoms with van der Waals surface area (Å²) in [5, 5.41) is 15.1. The molecule has 0 radical (unpaired) electrons. The number of aromatic nitrogens is 4. The molecule has 1 heterocycles. The van der Waals surface area contributed by atoms with E-state index in [2.05, 4.69) is 27.8 Å². The Labute approximate surface area is 151 Å². The van der Waals surface area contributed by atoms with Crippen LogP contribution in [-0.2, 0) is 17.9 Å². The second kappa shape index (κ2) is 8.29. The van der Waals surface area contributed by atoms with Gasteiger partial charge in [0.15, 0.2) is 5.82 Å². The van der Waals surface area contributed by atoms with Crippen LogP contribution in [0.2, 0.25) is 5.02 Å². The third-order valence-corrected chi connectivity index (χ3v) is 4.86. The molecule has 25 heavy (non-hydrogen) atoms. The summed E-state index contributed by atoms with van der Waals surface area (Å²) < 4.78 is 7.10. The standard InChI is InChI=1S/C17H22ClN5O2/c1-12-6-2-4-8-14(12)19-17(24)10-23-16(20-21-22-23)11-25-15-9-5-3-7-13(15)18/h3,5,7,9,12,14H,2,4,6,8,10-11H2,1H3,(H,19,24). The maximum absolute atomic E-state index is 12.3. The maximum atomic E-state index is 12.3. The van der Waals surface area contributed by atoms with Gasteiger partial charge >= 0.3 is 0 Å². The van der Waals surface area contributed by atoms with Crippen LogP contribution in [0.25, 0.3) is 0 Å². The molecule has 2 aromatic rings. The average Bonchev–Trinajstić information content (AvgIpc) is 3.03. The summed E-state index contributed by atoms with van der Waals surface area (Å²) in [7, 11) is 0. The lowest BCUT2D eigenvalue weighted by atomic mass is 9.86. The number of nitrogens with zero attached hydrogens (tertiary/aromatic N) is 4. The predicted octanol–water partition coefficient (Wildman–Crippen LogP) is 2.60. The van der Waals surface area contributed by atoms with Crippen molar-refractivity contribution in [3.8, 4) is 5.75 Å². The minimum absolute atomic E-state index is 0.0787. The molecule has 1 amide bonds. The lowest BCUT2D eigenvalue weighted by Crippen LogP contribution is -2.42. The van der Waals surface area contributed by atoms with Crippen molar-refractivity contribution in [3.63, 3.8) is 0 Å². The van der Waals surface area contributed by atoms with Crippen LogP contribution in [0.1, 0.15) is 38.4 Å². The maximum Gasteiger partial charge on any atom is 0.242 e. The van der Waals surface area contributed by atoms with Crippen molar-refractivity contribution in [2.24, 2.45) is 5.92 Å². The Balaban J connectivity index is 1.56. The number of hydrogen-bond acceptors (Lipinski definition) is 5. The summed E-state index contributed by atoms with van der Waals surface area (Å²) in [4.78, 5) is 12.3. The first-order valence-electron chi connectivity index (χ1n) is 8.55. The number of carbonyl (C=O) groups is 1. The number of benzene rings is 1. The number of para-hydroxylation sites is 1. The number of amides is 1. The minimum Gasteiger partial charge on any atom is -0.484 e. The van der Waals surface area contributed by atoms with Crippen molar-refractivity contribution in [1.29, 1.82) is 0 Å². The SMILES string of the molecule is CC1CCCCC1NC(=O)Cn1nnnc1COc1ccccc1Cl. The molecule has 0 spiro atoms. The molecule has 134 valence electrons. The highest BCUT2D eigenvalue weighted by atomic mass is 35.5. The van der Waals surface area contributed by atoms with Crippen molar-refractivity contribution >= 4 is 17.5 Å². The Morgan fingerprint density at radius 2 is 2.16 bits per heavy atom. The van der Waals surface area contributed by atoms with Gasteiger partial charge in [0.25, 0.3) is 0 Å². The predicted molar refractivity (Wildman–Crippen MR) is 93.2 cm³/mol. The molecule has 1 aromatic carbocycles. The number of nitrogens with one attached hydrogen (secondary N) is 1. The zero-order chi connectivity index (χ0) is 17.6. The molecule has 1 aliphatic carbocycles. The number of carbonyl (C=O) groups excluding carboxylic acids is 1. The van der Waals surface area contributed by atoms with Gasteiger partial charge < -0.3 is 10.1 Å². The third kappa shape index (κ3) is 4.69. The largest absolute Gasteiger partial charge is 0.484 e. The Morgan fingerprint density at radius 1 is 1.36 bits per heavy atom. The van der Waals surface area contributed by atoms with Crippen LogP contribution in [-0.4, -0.2) is 32.2 Å². The smallest absolute Gasteiger partial charge is 0.242 e. The van der Waals surface area contributed by atoms with Crippen LogP contribution in [0.15, 0.2) is 24.3 Å². The van der Waals surface area contributed by atoms with Crippen LogP contribution in [0, 0.1) is 5.92 Å². The van der Waals surface area contributed by atoms with E-state index in [4.69, 9.17) is 16.3 Å². The van der Waals surface area contributed by atoms with Gasteiger partial charge in [0, 0.05) is 6.04 Å². The topological polar surface area (TPSA) is 81.9 Å². The highest BCUT2D eigenvalue weighted by Crippen LogP contribution is 2.24. The molecular formula is C17H22ClN5O2. The highest BCUT2D eigenvalue weighted by molar-refractivity contribution is 6.32. The van der Waals surface area contributed by atoms with Crippen LogP contribution in [0.4, 0.5) is 0 Å². The molecule has 1 fully saturated rings. The van der Waals surface area contributed by atoms with E-state index in [1.165, 1.54) is 11.1 Å². The minimum atomic E-state index is -0.0787. The van der Waals surface area contributed by atoms with Gasteiger partial charge in [-0.3, -0.25) is 4.79 Å². The Kier molecular flexibility index (Phi) is 5.86. The van der Waals surface area contributed by atoms with E-state index in [1.54, 1.807) is 12.1 Å². The quantitative estimate of drug-likeness (QED) is 0.853. The molecule has 1 aromatic heterocycles. The molecule has 1 aliphatic rings. The molecule has 7 nitrogen and oxygen atoms in total. The number of halogens is 1. The normalized spacial score (nSPS) is 20.2. The van der Waals surface area contributed by atoms with E-state index in [-0.39, 0.29) is 25.1 Å². The van der Waals surface area contributed by atoms with E-state index in [0.717, 1.165) is 19.3 Å². The van der Waals surface area contributed by atoms with Crippen LogP contribution < -0.4 is 10.1 Å². The number of tetrazole rings is 1. The first-order valence-corrected chi connectivity index (χ1v) is 8.93. The molecule has 8 heteroatoms. The molecule has 3 rings (SSSR count). The molecule has 0 saturated heterocycles. The monoisotopic (exact) mass is 363 g/mol. The third-order valence-electron chi connectivity index (χ3n) is 4.55. The van der Waals surface area contributed by atoms with Gasteiger partial charge in [-0.05, 0) is 41.3 Å². The second-order valence-corrected chi connectivity index (χ2v) is 6.81. The number of ether oxygens (including phenoxy) is 1. The second-order valence-electron chi connectivity index (χ2n) is 6.41. The summed E-state index contributed by atoms with van der Waals surface area (Å²) in [5.41, 5.74) is 0. The highest BCUT2D eigenvalue weighted by Gasteiger charge is 2.23. The summed E-state index contributed by atoms with van der Waals surface area (Å²) >= 11 is 6.06. The van der Waals surface area contributed by atoms with Gasteiger partial charge in [0.2, 0.25) is 5.91 Å². The number of hydrogen-bond donors (Lipinski definition) is 1. The summed E-state index contributed by atoms with van der Waals surface area (Å²) in [6.07, 6.45) is 4.60. The van der Waals surface area contributed by atoms with Crippen LogP contribution in [0.5, 0.6) is 5.75 Å². The fourth-order valence-electron chi connectivity index (χ4n) is 3.07. The van der Waals surface area contributed by atoms with Crippen molar-refractivity contribution in [2.75, 3.05) is 0 Å². The molecule has 1 saturated carbocycles. The van der Waals surface area contributed by atoms with E-state index in [9.17, 15) is 4.79 Å². The van der Waals surface area contributed by atoms with E-state index >= 15 is 0 Å². The van der Waals surface area contributed by atoms with Gasteiger partial charge in [-0.15, -0.1) is 5.10 Å². The van der Waals surface area contributed by atoms with Gasteiger partial charge in [0.1, 0.15) is 18.9 Å². The van der Waals surface area contributed by atoms with Crippen molar-refractivity contribution < 1.29 is 9.53 Å². The van der Waals surface area contributed by atoms with Crippen LogP contribution >= 0.6 is 11.6 Å². The van der Waals surface area contributed by atoms with Crippen LogP contribution in [0.3, 0.4) is 0 Å². The fourth-order valence-corrected chi connectivity index (χ4v) is 3.26. The molecule has 1 N–H and O–H groups in total. The van der Waals surface area contributed by atoms with Gasteiger partial charge in [-0.1, -0.05) is 43.5 Å². The zero-order valence-corrected chi connectivity index (χ0v) is 14.9. The first-order chi connectivity index (χ1) is 12.1. The average molecular weight is 364 g/mol. The molecule has 0 bridgehead atoms. The lowest BCUT2D eigenvalue weighted by molar-refractivity contribution is -0.123. The molecule has 2 atom stereocenters. The molecule has 2 unspecified atom stereocenters. The summed E-state index contributed by atoms with van der Waals surface area (Å²) in [6, 6.07) is 7.42. The molecular weight excluding hydrogens is 342 g/mol. The van der Waals surface area contributed by atoms with Gasteiger partial charge in [-0.2, -0.15) is 0 Å². The molecule has 0 aliphatic heterocycles. The van der Waals surface area contributed by atoms with Crippen molar-refractivity contribution in [3.05, 3.63) is 35.1 Å². The lowest BCUT2D eigenvalue weighted by Gasteiger charge is -2.29. The van der Waals surface area contributed by atoms with E-state index in [1.807, 2.05) is 12.1 Å². The van der Waals surface area contributed by atoms with Crippen molar-refractivity contribution in [2.45, 2.75) is 51.8 Å².